The predicted octanol–water partition coefficient (Wildman–Crippen LogP) is 4.85. The summed E-state index contributed by atoms with van der Waals surface area (Å²) in [7, 11) is 0. The minimum atomic E-state index is 0. The van der Waals surface area contributed by atoms with Crippen LogP contribution in [0.25, 0.3) is 0 Å². The molecule has 0 unspecified atom stereocenters. The van der Waals surface area contributed by atoms with Crippen LogP contribution in [-0.4, -0.2) is 19.6 Å². The van der Waals surface area contributed by atoms with Gasteiger partial charge < -0.3 is 15.4 Å². The molecule has 2 aromatic rings. The summed E-state index contributed by atoms with van der Waals surface area (Å²) in [5.41, 5.74) is 2.29. The number of hydrogen-bond acceptors (Lipinski definition) is 3. The summed E-state index contributed by atoms with van der Waals surface area (Å²) in [6.07, 6.45) is 2.50. The van der Waals surface area contributed by atoms with Crippen LogP contribution in [0.3, 0.4) is 0 Å². The zero-order valence-corrected chi connectivity index (χ0v) is 17.1. The largest absolute Gasteiger partial charge is 0.489 e. The highest BCUT2D eigenvalue weighted by Gasteiger charge is 2.13. The Balaban J connectivity index is 0.00000169. The molecule has 0 radical (unpaired) electrons. The second-order valence-electron chi connectivity index (χ2n) is 6.35. The Hall–Kier alpha value is -0.970. The predicted molar refractivity (Wildman–Crippen MR) is 114 cm³/mol. The van der Waals surface area contributed by atoms with Gasteiger partial charge in [-0.2, -0.15) is 0 Å². The van der Waals surface area contributed by atoms with Crippen LogP contribution in [0.5, 0.6) is 5.75 Å². The second kappa shape index (κ2) is 12.4. The van der Waals surface area contributed by atoms with Crippen molar-refractivity contribution in [1.82, 2.24) is 10.6 Å². The van der Waals surface area contributed by atoms with E-state index in [4.69, 9.17) is 16.3 Å². The topological polar surface area (TPSA) is 33.3 Å². The standard InChI is InChI=1S/C20H25ClN2O.2ClH/c21-19-6-7-20(24-15-17-4-2-1-3-5-17)18(12-19)14-23-13-16-8-10-22-11-9-16;;/h1-7,12,16,22-23H,8-11,13-15H2;2*1H. The highest BCUT2D eigenvalue weighted by Crippen LogP contribution is 2.24. The van der Waals surface area contributed by atoms with Gasteiger partial charge in [-0.05, 0) is 62.2 Å². The average Bonchev–Trinajstić information content (AvgIpc) is 2.63. The van der Waals surface area contributed by atoms with Crippen molar-refractivity contribution in [1.29, 1.82) is 0 Å². The van der Waals surface area contributed by atoms with E-state index in [0.29, 0.717) is 6.61 Å². The first-order valence-electron chi connectivity index (χ1n) is 8.68. The van der Waals surface area contributed by atoms with Crippen molar-refractivity contribution in [3.8, 4) is 5.75 Å². The molecule has 2 N–H and O–H groups in total. The highest BCUT2D eigenvalue weighted by molar-refractivity contribution is 6.30. The van der Waals surface area contributed by atoms with Crippen LogP contribution in [0.4, 0.5) is 0 Å². The van der Waals surface area contributed by atoms with E-state index < -0.39 is 0 Å². The zero-order chi connectivity index (χ0) is 16.6. The van der Waals surface area contributed by atoms with Crippen molar-refractivity contribution >= 4 is 36.4 Å². The summed E-state index contributed by atoms with van der Waals surface area (Å²) in [4.78, 5) is 0. The van der Waals surface area contributed by atoms with E-state index >= 15 is 0 Å². The van der Waals surface area contributed by atoms with Crippen LogP contribution >= 0.6 is 36.4 Å². The molecule has 1 heterocycles. The molecule has 0 aromatic heterocycles. The number of benzene rings is 2. The number of nitrogens with one attached hydrogen (secondary N) is 2. The maximum Gasteiger partial charge on any atom is 0.124 e. The fourth-order valence-corrected chi connectivity index (χ4v) is 3.25. The summed E-state index contributed by atoms with van der Waals surface area (Å²) in [5, 5.41) is 7.73. The van der Waals surface area contributed by atoms with Gasteiger partial charge in [0, 0.05) is 17.1 Å². The maximum absolute atomic E-state index is 6.17. The van der Waals surface area contributed by atoms with E-state index in [1.807, 2.05) is 36.4 Å². The van der Waals surface area contributed by atoms with Crippen LogP contribution in [-0.2, 0) is 13.2 Å². The molecule has 1 saturated heterocycles. The lowest BCUT2D eigenvalue weighted by Gasteiger charge is -2.23. The molecule has 0 saturated carbocycles. The number of rotatable bonds is 7. The van der Waals surface area contributed by atoms with Crippen molar-refractivity contribution in [2.75, 3.05) is 19.6 Å². The lowest BCUT2D eigenvalue weighted by atomic mass is 9.98. The molecular formula is C20H27Cl3N2O. The Kier molecular flexibility index (Phi) is 11.0. The molecule has 144 valence electrons. The van der Waals surface area contributed by atoms with E-state index in [1.54, 1.807) is 0 Å². The van der Waals surface area contributed by atoms with Gasteiger partial charge in [0.1, 0.15) is 12.4 Å². The smallest absolute Gasteiger partial charge is 0.124 e. The monoisotopic (exact) mass is 416 g/mol. The molecule has 26 heavy (non-hydrogen) atoms. The minimum absolute atomic E-state index is 0. The van der Waals surface area contributed by atoms with Gasteiger partial charge >= 0.3 is 0 Å². The van der Waals surface area contributed by atoms with Crippen molar-refractivity contribution in [2.24, 2.45) is 5.92 Å². The van der Waals surface area contributed by atoms with Gasteiger partial charge in [-0.3, -0.25) is 0 Å². The van der Waals surface area contributed by atoms with Gasteiger partial charge in [-0.25, -0.2) is 0 Å². The molecule has 0 bridgehead atoms. The van der Waals surface area contributed by atoms with E-state index in [0.717, 1.165) is 48.4 Å². The van der Waals surface area contributed by atoms with Crippen LogP contribution in [0, 0.1) is 5.92 Å². The van der Waals surface area contributed by atoms with Gasteiger partial charge in [0.05, 0.1) is 0 Å². The molecule has 0 aliphatic carbocycles. The quantitative estimate of drug-likeness (QED) is 0.675. The Morgan fingerprint density at radius 3 is 2.50 bits per heavy atom. The molecule has 3 nitrogen and oxygen atoms in total. The van der Waals surface area contributed by atoms with Crippen molar-refractivity contribution in [2.45, 2.75) is 26.0 Å². The van der Waals surface area contributed by atoms with E-state index in [-0.39, 0.29) is 24.8 Å². The van der Waals surface area contributed by atoms with Crippen LogP contribution in [0.1, 0.15) is 24.0 Å². The molecule has 0 amide bonds. The lowest BCUT2D eigenvalue weighted by molar-refractivity contribution is 0.301. The van der Waals surface area contributed by atoms with Gasteiger partial charge in [0.25, 0.3) is 0 Å². The van der Waals surface area contributed by atoms with Gasteiger partial charge in [-0.1, -0.05) is 41.9 Å². The minimum Gasteiger partial charge on any atom is -0.489 e. The first-order valence-corrected chi connectivity index (χ1v) is 9.05. The summed E-state index contributed by atoms with van der Waals surface area (Å²) in [6, 6.07) is 16.1. The molecular weight excluding hydrogens is 391 g/mol. The van der Waals surface area contributed by atoms with Crippen LogP contribution in [0.15, 0.2) is 48.5 Å². The van der Waals surface area contributed by atoms with E-state index in [2.05, 4.69) is 22.8 Å². The number of hydrogen-bond donors (Lipinski definition) is 2. The summed E-state index contributed by atoms with van der Waals surface area (Å²) in [5.74, 6) is 1.67. The van der Waals surface area contributed by atoms with Crippen molar-refractivity contribution in [3.05, 3.63) is 64.7 Å². The SMILES string of the molecule is Cl.Cl.Clc1ccc(OCc2ccccc2)c(CNCC2CCNCC2)c1. The molecule has 6 heteroatoms. The molecule has 3 rings (SSSR count). The number of halogens is 3. The molecule has 2 aromatic carbocycles. The lowest BCUT2D eigenvalue weighted by Crippen LogP contribution is -2.33. The Morgan fingerprint density at radius 1 is 1.04 bits per heavy atom. The fourth-order valence-electron chi connectivity index (χ4n) is 3.06. The Labute approximate surface area is 173 Å². The van der Waals surface area contributed by atoms with Crippen molar-refractivity contribution in [3.63, 3.8) is 0 Å². The Bertz CT molecular complexity index is 634. The normalized spacial score (nSPS) is 14.2. The highest BCUT2D eigenvalue weighted by atomic mass is 35.5. The van der Waals surface area contributed by atoms with Crippen LogP contribution < -0.4 is 15.4 Å². The summed E-state index contributed by atoms with van der Waals surface area (Å²) >= 11 is 6.17. The van der Waals surface area contributed by atoms with E-state index in [1.165, 1.54) is 18.4 Å². The third-order valence-corrected chi connectivity index (χ3v) is 4.70. The van der Waals surface area contributed by atoms with E-state index in [9.17, 15) is 0 Å². The third kappa shape index (κ3) is 7.34. The number of piperidine rings is 1. The zero-order valence-electron chi connectivity index (χ0n) is 14.7. The summed E-state index contributed by atoms with van der Waals surface area (Å²) in [6.45, 7) is 4.68. The average molecular weight is 418 g/mol. The fraction of sp³-hybridized carbons (Fsp3) is 0.400. The first-order chi connectivity index (χ1) is 11.8. The molecule has 1 fully saturated rings. The van der Waals surface area contributed by atoms with Gasteiger partial charge in [0.15, 0.2) is 0 Å². The molecule has 1 aliphatic heterocycles. The second-order valence-corrected chi connectivity index (χ2v) is 6.79. The van der Waals surface area contributed by atoms with Crippen molar-refractivity contribution < 1.29 is 4.74 Å². The Morgan fingerprint density at radius 2 is 1.77 bits per heavy atom. The number of ether oxygens (including phenoxy) is 1. The molecule has 0 spiro atoms. The van der Waals surface area contributed by atoms with Gasteiger partial charge in [-0.15, -0.1) is 24.8 Å². The first kappa shape index (κ1) is 23.1. The molecule has 1 aliphatic rings. The third-order valence-electron chi connectivity index (χ3n) is 4.47. The van der Waals surface area contributed by atoms with Gasteiger partial charge in [0.2, 0.25) is 0 Å². The van der Waals surface area contributed by atoms with Crippen LogP contribution in [0.2, 0.25) is 5.02 Å². The maximum atomic E-state index is 6.17. The summed E-state index contributed by atoms with van der Waals surface area (Å²) < 4.78 is 6.01. The molecule has 0 atom stereocenters.